The molecule has 0 fully saturated rings. The summed E-state index contributed by atoms with van der Waals surface area (Å²) in [5, 5.41) is 8.19. The van der Waals surface area contributed by atoms with Gasteiger partial charge in [-0.1, -0.05) is 13.3 Å². The maximum atomic E-state index is 5.73. The third-order valence-corrected chi connectivity index (χ3v) is 2.68. The highest BCUT2D eigenvalue weighted by atomic mass is 16.5. The molecule has 7 nitrogen and oxygen atoms in total. The topological polar surface area (TPSA) is 112 Å². The molecule has 21 heavy (non-hydrogen) atoms. The van der Waals surface area contributed by atoms with Crippen molar-refractivity contribution in [3.8, 4) is 5.88 Å². The van der Waals surface area contributed by atoms with E-state index in [9.17, 15) is 0 Å². The number of anilines is 2. The number of pyridine rings is 2. The normalized spacial score (nSPS) is 10.9. The summed E-state index contributed by atoms with van der Waals surface area (Å²) >= 11 is 0. The Labute approximate surface area is 123 Å². The standard InChI is InChI=1S/C14H18N6O/c1-2-3-9-21-14-11(5-4-8-17-14)20-19-10-6-7-12(15)18-13(10)16/h4-8H,2-3,9H2,1H3,(H4,15,16,18). The Morgan fingerprint density at radius 2 is 1.95 bits per heavy atom. The fraction of sp³-hybridized carbons (Fsp3) is 0.286. The van der Waals surface area contributed by atoms with Gasteiger partial charge < -0.3 is 16.2 Å². The second-order valence-electron chi connectivity index (χ2n) is 4.37. The third kappa shape index (κ3) is 4.13. The molecule has 7 heteroatoms. The fourth-order valence-corrected chi connectivity index (χ4v) is 1.56. The lowest BCUT2D eigenvalue weighted by Crippen LogP contribution is -1.98. The van der Waals surface area contributed by atoms with Crippen LogP contribution in [0.5, 0.6) is 5.88 Å². The summed E-state index contributed by atoms with van der Waals surface area (Å²) in [4.78, 5) is 8.08. The van der Waals surface area contributed by atoms with Crippen molar-refractivity contribution in [3.63, 3.8) is 0 Å². The van der Waals surface area contributed by atoms with Gasteiger partial charge in [0.2, 0.25) is 5.88 Å². The molecule has 0 atom stereocenters. The van der Waals surface area contributed by atoms with Crippen molar-refractivity contribution < 1.29 is 4.74 Å². The van der Waals surface area contributed by atoms with Crippen LogP contribution in [-0.4, -0.2) is 16.6 Å². The summed E-state index contributed by atoms with van der Waals surface area (Å²) in [5.41, 5.74) is 12.3. The molecule has 0 radical (unpaired) electrons. The molecule has 0 unspecified atom stereocenters. The Bertz CT molecular complexity index is 629. The molecule has 0 bridgehead atoms. The van der Waals surface area contributed by atoms with Crippen LogP contribution in [0.1, 0.15) is 19.8 Å². The Balaban J connectivity index is 2.16. The van der Waals surface area contributed by atoms with Crippen molar-refractivity contribution in [1.82, 2.24) is 9.97 Å². The van der Waals surface area contributed by atoms with Crippen molar-refractivity contribution in [1.29, 1.82) is 0 Å². The van der Waals surface area contributed by atoms with Crippen LogP contribution in [0.2, 0.25) is 0 Å². The second-order valence-corrected chi connectivity index (χ2v) is 4.37. The van der Waals surface area contributed by atoms with Crippen LogP contribution in [-0.2, 0) is 0 Å². The number of aromatic nitrogens is 2. The lowest BCUT2D eigenvalue weighted by molar-refractivity contribution is 0.299. The third-order valence-electron chi connectivity index (χ3n) is 2.68. The lowest BCUT2D eigenvalue weighted by atomic mass is 10.3. The van der Waals surface area contributed by atoms with Crippen molar-refractivity contribution in [2.45, 2.75) is 19.8 Å². The van der Waals surface area contributed by atoms with E-state index in [1.54, 1.807) is 30.5 Å². The number of ether oxygens (including phenoxy) is 1. The van der Waals surface area contributed by atoms with Gasteiger partial charge in [0.15, 0.2) is 5.82 Å². The Morgan fingerprint density at radius 1 is 1.14 bits per heavy atom. The molecule has 110 valence electrons. The van der Waals surface area contributed by atoms with Crippen LogP contribution < -0.4 is 16.2 Å². The monoisotopic (exact) mass is 286 g/mol. The van der Waals surface area contributed by atoms with Gasteiger partial charge in [-0.15, -0.1) is 10.2 Å². The highest BCUT2D eigenvalue weighted by molar-refractivity contribution is 5.60. The summed E-state index contributed by atoms with van der Waals surface area (Å²) in [6.07, 6.45) is 3.67. The molecule has 2 heterocycles. The van der Waals surface area contributed by atoms with Gasteiger partial charge in [-0.05, 0) is 30.7 Å². The van der Waals surface area contributed by atoms with Gasteiger partial charge in [0, 0.05) is 6.20 Å². The van der Waals surface area contributed by atoms with E-state index < -0.39 is 0 Å². The van der Waals surface area contributed by atoms with E-state index in [1.165, 1.54) is 0 Å². The van der Waals surface area contributed by atoms with Gasteiger partial charge >= 0.3 is 0 Å². The van der Waals surface area contributed by atoms with Crippen LogP contribution in [0, 0.1) is 0 Å². The second kappa shape index (κ2) is 7.18. The van der Waals surface area contributed by atoms with Gasteiger partial charge in [-0.25, -0.2) is 9.97 Å². The van der Waals surface area contributed by atoms with Gasteiger partial charge in [-0.2, -0.15) is 0 Å². The first-order valence-corrected chi connectivity index (χ1v) is 6.72. The average Bonchev–Trinajstić information content (AvgIpc) is 2.48. The minimum Gasteiger partial charge on any atom is -0.476 e. The molecule has 2 aromatic heterocycles. The summed E-state index contributed by atoms with van der Waals surface area (Å²) in [6.45, 7) is 2.70. The van der Waals surface area contributed by atoms with Crippen molar-refractivity contribution in [2.24, 2.45) is 10.2 Å². The first-order valence-electron chi connectivity index (χ1n) is 6.72. The molecule has 0 aliphatic carbocycles. The molecule has 0 saturated carbocycles. The number of nitrogens with zero attached hydrogens (tertiary/aromatic N) is 4. The lowest BCUT2D eigenvalue weighted by Gasteiger charge is -2.05. The van der Waals surface area contributed by atoms with Gasteiger partial charge in [0.1, 0.15) is 17.2 Å². The Hall–Kier alpha value is -2.70. The molecule has 2 aromatic rings. The molecule has 0 saturated heterocycles. The predicted molar refractivity (Wildman–Crippen MR) is 81.9 cm³/mol. The highest BCUT2D eigenvalue weighted by Gasteiger charge is 2.04. The molecular formula is C14H18N6O. The highest BCUT2D eigenvalue weighted by Crippen LogP contribution is 2.28. The van der Waals surface area contributed by atoms with Crippen molar-refractivity contribution in [3.05, 3.63) is 30.5 Å². The summed E-state index contributed by atoms with van der Waals surface area (Å²) < 4.78 is 5.58. The fourth-order valence-electron chi connectivity index (χ4n) is 1.56. The number of hydrogen-bond acceptors (Lipinski definition) is 7. The Kier molecular flexibility index (Phi) is 5.03. The minimum absolute atomic E-state index is 0.232. The quantitative estimate of drug-likeness (QED) is 0.625. The first-order chi connectivity index (χ1) is 10.2. The van der Waals surface area contributed by atoms with Crippen molar-refractivity contribution >= 4 is 23.0 Å². The van der Waals surface area contributed by atoms with E-state index in [4.69, 9.17) is 16.2 Å². The molecule has 0 aliphatic heterocycles. The summed E-state index contributed by atoms with van der Waals surface area (Å²) in [6, 6.07) is 6.83. The number of unbranched alkanes of at least 4 members (excludes halogenated alkanes) is 1. The molecular weight excluding hydrogens is 268 g/mol. The maximum Gasteiger partial charge on any atom is 0.241 e. The zero-order valence-electron chi connectivity index (χ0n) is 11.9. The van der Waals surface area contributed by atoms with Crippen LogP contribution in [0.15, 0.2) is 40.7 Å². The Morgan fingerprint density at radius 3 is 2.71 bits per heavy atom. The van der Waals surface area contributed by atoms with Gasteiger partial charge in [0.05, 0.1) is 6.61 Å². The molecule has 0 aromatic carbocycles. The van der Waals surface area contributed by atoms with E-state index in [-0.39, 0.29) is 5.82 Å². The zero-order chi connectivity index (χ0) is 15.1. The van der Waals surface area contributed by atoms with E-state index in [1.807, 2.05) is 0 Å². The SMILES string of the molecule is CCCCOc1ncccc1N=Nc1ccc(N)nc1N. The molecule has 2 rings (SSSR count). The first kappa shape index (κ1) is 14.7. The van der Waals surface area contributed by atoms with Gasteiger partial charge in [-0.3, -0.25) is 0 Å². The number of nitrogens with two attached hydrogens (primary N) is 2. The number of nitrogen functional groups attached to an aromatic ring is 2. The number of hydrogen-bond donors (Lipinski definition) is 2. The molecule has 4 N–H and O–H groups in total. The summed E-state index contributed by atoms with van der Waals surface area (Å²) in [5.74, 6) is 1.03. The zero-order valence-corrected chi connectivity index (χ0v) is 11.9. The molecule has 0 aliphatic rings. The predicted octanol–water partition coefficient (Wildman–Crippen LogP) is 3.24. The maximum absolute atomic E-state index is 5.73. The number of azo groups is 1. The van der Waals surface area contributed by atoms with Gasteiger partial charge in [0.25, 0.3) is 0 Å². The van der Waals surface area contributed by atoms with E-state index in [0.717, 1.165) is 12.8 Å². The van der Waals surface area contributed by atoms with E-state index >= 15 is 0 Å². The molecule has 0 spiro atoms. The van der Waals surface area contributed by atoms with Crippen LogP contribution in [0.3, 0.4) is 0 Å². The smallest absolute Gasteiger partial charge is 0.241 e. The van der Waals surface area contributed by atoms with E-state index in [0.29, 0.717) is 29.7 Å². The summed E-state index contributed by atoms with van der Waals surface area (Å²) in [7, 11) is 0. The van der Waals surface area contributed by atoms with Crippen molar-refractivity contribution in [2.75, 3.05) is 18.1 Å². The van der Waals surface area contributed by atoms with Crippen LogP contribution in [0.4, 0.5) is 23.0 Å². The van der Waals surface area contributed by atoms with Crippen LogP contribution in [0.25, 0.3) is 0 Å². The average molecular weight is 286 g/mol. The minimum atomic E-state index is 0.232. The molecule has 0 amide bonds. The van der Waals surface area contributed by atoms with Crippen LogP contribution >= 0.6 is 0 Å². The van der Waals surface area contributed by atoms with E-state index in [2.05, 4.69) is 27.1 Å². The number of rotatable bonds is 6. The largest absolute Gasteiger partial charge is 0.476 e.